The smallest absolute Gasteiger partial charge is 0.314 e. The molecule has 1 saturated carbocycles. The predicted octanol–water partition coefficient (Wildman–Crippen LogP) is 0.468. The van der Waals surface area contributed by atoms with E-state index in [1.165, 1.54) is 6.42 Å². The van der Waals surface area contributed by atoms with Crippen LogP contribution in [0.25, 0.3) is 0 Å². The summed E-state index contributed by atoms with van der Waals surface area (Å²) in [5.74, 6) is 0. The Hall–Kier alpha value is -0.730. The van der Waals surface area contributed by atoms with E-state index >= 15 is 0 Å². The zero-order valence-corrected chi connectivity index (χ0v) is 5.61. The second kappa shape index (κ2) is 2.71. The van der Waals surface area contributed by atoms with Crippen molar-refractivity contribution in [2.45, 2.75) is 25.3 Å². The maximum atomic E-state index is 10.6. The first-order chi connectivity index (χ1) is 4.33. The Morgan fingerprint density at radius 2 is 2.22 bits per heavy atom. The van der Waals surface area contributed by atoms with Crippen molar-refractivity contribution in [3.63, 3.8) is 0 Å². The van der Waals surface area contributed by atoms with Gasteiger partial charge in [-0.25, -0.2) is 4.79 Å². The number of rotatable bonds is 1. The first-order valence-corrected chi connectivity index (χ1v) is 3.31. The molecule has 0 aromatic carbocycles. The summed E-state index contributed by atoms with van der Waals surface area (Å²) in [5, 5.41) is 5.33. The van der Waals surface area contributed by atoms with Crippen molar-refractivity contribution in [2.24, 2.45) is 0 Å². The summed E-state index contributed by atoms with van der Waals surface area (Å²) in [5.41, 5.74) is 0. The van der Waals surface area contributed by atoms with Crippen LogP contribution in [-0.4, -0.2) is 19.1 Å². The second-order valence-electron chi connectivity index (χ2n) is 2.35. The first-order valence-electron chi connectivity index (χ1n) is 3.31. The van der Waals surface area contributed by atoms with E-state index in [0.717, 1.165) is 12.8 Å². The van der Waals surface area contributed by atoms with E-state index in [2.05, 4.69) is 10.6 Å². The van der Waals surface area contributed by atoms with E-state index in [1.807, 2.05) is 0 Å². The predicted molar refractivity (Wildman–Crippen MR) is 35.2 cm³/mol. The lowest BCUT2D eigenvalue weighted by Crippen LogP contribution is -2.43. The Morgan fingerprint density at radius 1 is 1.56 bits per heavy atom. The highest BCUT2D eigenvalue weighted by atomic mass is 16.2. The summed E-state index contributed by atoms with van der Waals surface area (Å²) < 4.78 is 0. The van der Waals surface area contributed by atoms with Gasteiger partial charge in [0.05, 0.1) is 0 Å². The molecule has 1 aliphatic carbocycles. The molecule has 0 unspecified atom stereocenters. The molecule has 2 amide bonds. The maximum absolute atomic E-state index is 10.6. The van der Waals surface area contributed by atoms with Gasteiger partial charge in [0.2, 0.25) is 0 Å². The summed E-state index contributed by atoms with van der Waals surface area (Å²) in [6.07, 6.45) is 3.55. The van der Waals surface area contributed by atoms with Crippen molar-refractivity contribution >= 4 is 6.03 Å². The molecule has 0 radical (unpaired) electrons. The summed E-state index contributed by atoms with van der Waals surface area (Å²) in [4.78, 5) is 10.6. The molecule has 1 aliphatic rings. The van der Waals surface area contributed by atoms with Crippen molar-refractivity contribution in [3.8, 4) is 0 Å². The van der Waals surface area contributed by atoms with Crippen LogP contribution < -0.4 is 10.6 Å². The molecule has 2 N–H and O–H groups in total. The van der Waals surface area contributed by atoms with Crippen LogP contribution in [0.1, 0.15) is 19.3 Å². The highest BCUT2D eigenvalue weighted by Gasteiger charge is 2.18. The average Bonchev–Trinajstić information content (AvgIpc) is 1.78. The molecule has 0 atom stereocenters. The molecule has 0 heterocycles. The lowest BCUT2D eigenvalue weighted by molar-refractivity contribution is 0.230. The van der Waals surface area contributed by atoms with Crippen LogP contribution >= 0.6 is 0 Å². The Labute approximate surface area is 54.8 Å². The van der Waals surface area contributed by atoms with E-state index in [0.29, 0.717) is 6.04 Å². The van der Waals surface area contributed by atoms with E-state index in [1.54, 1.807) is 7.05 Å². The number of amides is 2. The summed E-state index contributed by atoms with van der Waals surface area (Å²) >= 11 is 0. The first kappa shape index (κ1) is 6.39. The fraction of sp³-hybridized carbons (Fsp3) is 0.833. The van der Waals surface area contributed by atoms with Gasteiger partial charge in [-0.2, -0.15) is 0 Å². The molecule has 0 spiro atoms. The van der Waals surface area contributed by atoms with Crippen molar-refractivity contribution < 1.29 is 4.79 Å². The van der Waals surface area contributed by atoms with Crippen molar-refractivity contribution in [3.05, 3.63) is 0 Å². The Bertz CT molecular complexity index is 110. The molecule has 0 aliphatic heterocycles. The third kappa shape index (κ3) is 1.59. The lowest BCUT2D eigenvalue weighted by Gasteiger charge is -2.25. The summed E-state index contributed by atoms with van der Waals surface area (Å²) in [6, 6.07) is 0.393. The van der Waals surface area contributed by atoms with Gasteiger partial charge in [0.15, 0.2) is 0 Å². The standard InChI is InChI=1S/C6H12N2O/c1-7-6(9)8-5-3-2-4-5/h5H,2-4H2,1H3,(H2,7,8,9). The normalized spacial score (nSPS) is 18.3. The molecule has 0 saturated heterocycles. The number of hydrogen-bond acceptors (Lipinski definition) is 1. The van der Waals surface area contributed by atoms with Crippen LogP contribution in [0, 0.1) is 0 Å². The second-order valence-corrected chi connectivity index (χ2v) is 2.35. The average molecular weight is 128 g/mol. The van der Waals surface area contributed by atoms with Gasteiger partial charge in [0.25, 0.3) is 0 Å². The van der Waals surface area contributed by atoms with Crippen LogP contribution in [0.2, 0.25) is 0 Å². The highest BCUT2D eigenvalue weighted by Crippen LogP contribution is 2.17. The number of carbonyl (C=O) groups is 1. The number of carbonyl (C=O) groups excluding carboxylic acids is 1. The van der Waals surface area contributed by atoms with Gasteiger partial charge in [-0.3, -0.25) is 0 Å². The lowest BCUT2D eigenvalue weighted by atomic mass is 9.93. The summed E-state index contributed by atoms with van der Waals surface area (Å²) in [7, 11) is 1.63. The molecule has 0 aromatic heterocycles. The van der Waals surface area contributed by atoms with Crippen molar-refractivity contribution in [2.75, 3.05) is 7.05 Å². The largest absolute Gasteiger partial charge is 0.341 e. The highest BCUT2D eigenvalue weighted by molar-refractivity contribution is 5.73. The zero-order valence-electron chi connectivity index (χ0n) is 5.61. The van der Waals surface area contributed by atoms with Crippen LogP contribution in [0.4, 0.5) is 4.79 Å². The SMILES string of the molecule is CNC(=O)NC1CCC1. The van der Waals surface area contributed by atoms with Crippen LogP contribution in [0.15, 0.2) is 0 Å². The van der Waals surface area contributed by atoms with Gasteiger partial charge in [0.1, 0.15) is 0 Å². The molecule has 1 rings (SSSR count). The molecular weight excluding hydrogens is 116 g/mol. The van der Waals surface area contributed by atoms with Crippen molar-refractivity contribution in [1.29, 1.82) is 0 Å². The molecule has 3 nitrogen and oxygen atoms in total. The Balaban J connectivity index is 2.09. The van der Waals surface area contributed by atoms with E-state index < -0.39 is 0 Å². The minimum atomic E-state index is -0.0558. The number of urea groups is 1. The van der Waals surface area contributed by atoms with Gasteiger partial charge in [-0.1, -0.05) is 0 Å². The topological polar surface area (TPSA) is 41.1 Å². The zero-order chi connectivity index (χ0) is 6.69. The Kier molecular flexibility index (Phi) is 1.92. The van der Waals surface area contributed by atoms with Crippen LogP contribution in [0.3, 0.4) is 0 Å². The third-order valence-electron chi connectivity index (χ3n) is 1.67. The van der Waals surface area contributed by atoms with E-state index in [9.17, 15) is 4.79 Å². The fourth-order valence-electron chi connectivity index (χ4n) is 0.810. The van der Waals surface area contributed by atoms with Gasteiger partial charge in [-0.05, 0) is 19.3 Å². The molecule has 0 bridgehead atoms. The van der Waals surface area contributed by atoms with Gasteiger partial charge >= 0.3 is 6.03 Å². The quantitative estimate of drug-likeness (QED) is 0.529. The molecule has 3 heteroatoms. The molecular formula is C6H12N2O. The van der Waals surface area contributed by atoms with Crippen molar-refractivity contribution in [1.82, 2.24) is 10.6 Å². The number of nitrogens with one attached hydrogen (secondary N) is 2. The van der Waals surface area contributed by atoms with Crippen LogP contribution in [-0.2, 0) is 0 Å². The molecule has 0 aromatic rings. The summed E-state index contributed by atoms with van der Waals surface area (Å²) in [6.45, 7) is 0. The molecule has 52 valence electrons. The van der Waals surface area contributed by atoms with E-state index in [-0.39, 0.29) is 6.03 Å². The van der Waals surface area contributed by atoms with Crippen LogP contribution in [0.5, 0.6) is 0 Å². The minimum Gasteiger partial charge on any atom is -0.341 e. The number of hydrogen-bond donors (Lipinski definition) is 2. The Morgan fingerprint density at radius 3 is 2.56 bits per heavy atom. The van der Waals surface area contributed by atoms with Gasteiger partial charge < -0.3 is 10.6 Å². The molecule has 9 heavy (non-hydrogen) atoms. The molecule has 1 fully saturated rings. The van der Waals surface area contributed by atoms with Gasteiger partial charge in [-0.15, -0.1) is 0 Å². The minimum absolute atomic E-state index is 0.0558. The maximum Gasteiger partial charge on any atom is 0.314 e. The fourth-order valence-corrected chi connectivity index (χ4v) is 0.810. The van der Waals surface area contributed by atoms with E-state index in [4.69, 9.17) is 0 Å². The monoisotopic (exact) mass is 128 g/mol. The van der Waals surface area contributed by atoms with Gasteiger partial charge in [0, 0.05) is 13.1 Å². The third-order valence-corrected chi connectivity index (χ3v) is 1.67.